The molecular formula is C18H21FN4O. The summed E-state index contributed by atoms with van der Waals surface area (Å²) in [5.74, 6) is 0.735. The highest BCUT2D eigenvalue weighted by atomic mass is 19.1. The number of halogens is 1. The van der Waals surface area contributed by atoms with Gasteiger partial charge in [0.1, 0.15) is 11.6 Å². The third-order valence-electron chi connectivity index (χ3n) is 4.76. The number of benzene rings is 1. The van der Waals surface area contributed by atoms with Gasteiger partial charge in [0, 0.05) is 41.6 Å². The molecule has 1 aromatic carbocycles. The quantitative estimate of drug-likeness (QED) is 0.776. The van der Waals surface area contributed by atoms with Crippen molar-refractivity contribution in [2.45, 2.75) is 26.4 Å². The number of ether oxygens (including phenoxy) is 1. The van der Waals surface area contributed by atoms with Crippen molar-refractivity contribution < 1.29 is 9.13 Å². The number of H-pyrrole nitrogens is 2. The van der Waals surface area contributed by atoms with E-state index in [9.17, 15) is 4.39 Å². The van der Waals surface area contributed by atoms with Crippen molar-refractivity contribution in [1.29, 1.82) is 0 Å². The van der Waals surface area contributed by atoms with Crippen LogP contribution < -0.4 is 0 Å². The van der Waals surface area contributed by atoms with E-state index in [0.717, 1.165) is 46.8 Å². The van der Waals surface area contributed by atoms with Gasteiger partial charge in [0.25, 0.3) is 0 Å². The van der Waals surface area contributed by atoms with Crippen LogP contribution in [-0.4, -0.2) is 39.6 Å². The highest BCUT2D eigenvalue weighted by molar-refractivity contribution is 5.84. The maximum absolute atomic E-state index is 13.5. The number of rotatable bonds is 3. The topological polar surface area (TPSA) is 56.9 Å². The Balaban J connectivity index is 1.64. The lowest BCUT2D eigenvalue weighted by Gasteiger charge is -2.34. The van der Waals surface area contributed by atoms with Gasteiger partial charge < -0.3 is 14.7 Å². The first kappa shape index (κ1) is 15.4. The number of aromatic nitrogens is 3. The minimum atomic E-state index is -0.202. The predicted molar refractivity (Wildman–Crippen MR) is 90.3 cm³/mol. The molecule has 126 valence electrons. The SMILES string of the molecule is Cc1cnc(C2COCCN2Cc2[nH]c3ccc(F)cc3c2C)[nH]1. The molecule has 3 heterocycles. The molecule has 5 nitrogen and oxygen atoms in total. The molecule has 0 aliphatic carbocycles. The van der Waals surface area contributed by atoms with Crippen LogP contribution in [0.2, 0.25) is 0 Å². The average Bonchev–Trinajstić information content (AvgIpc) is 3.13. The van der Waals surface area contributed by atoms with Gasteiger partial charge in [0.2, 0.25) is 0 Å². The number of imidazole rings is 1. The van der Waals surface area contributed by atoms with Crippen LogP contribution in [0.25, 0.3) is 10.9 Å². The van der Waals surface area contributed by atoms with Crippen LogP contribution >= 0.6 is 0 Å². The minimum absolute atomic E-state index is 0.106. The summed E-state index contributed by atoms with van der Waals surface area (Å²) in [6.07, 6.45) is 1.85. The number of hydrogen-bond acceptors (Lipinski definition) is 3. The van der Waals surface area contributed by atoms with Crippen molar-refractivity contribution in [3.8, 4) is 0 Å². The van der Waals surface area contributed by atoms with E-state index in [1.54, 1.807) is 12.1 Å². The van der Waals surface area contributed by atoms with Crippen LogP contribution in [-0.2, 0) is 11.3 Å². The normalized spacial score (nSPS) is 19.2. The molecule has 0 amide bonds. The maximum atomic E-state index is 13.5. The number of aryl methyl sites for hydroxylation is 2. The van der Waals surface area contributed by atoms with Crippen molar-refractivity contribution in [1.82, 2.24) is 19.9 Å². The average molecular weight is 328 g/mol. The first-order valence-electron chi connectivity index (χ1n) is 8.22. The molecule has 0 radical (unpaired) electrons. The summed E-state index contributed by atoms with van der Waals surface area (Å²) >= 11 is 0. The number of hydrogen-bond donors (Lipinski definition) is 2. The van der Waals surface area contributed by atoms with Crippen molar-refractivity contribution in [3.05, 3.63) is 53.0 Å². The fourth-order valence-corrected chi connectivity index (χ4v) is 3.40. The Morgan fingerprint density at radius 3 is 3.00 bits per heavy atom. The number of nitrogens with zero attached hydrogens (tertiary/aromatic N) is 2. The summed E-state index contributed by atoms with van der Waals surface area (Å²) < 4.78 is 19.2. The van der Waals surface area contributed by atoms with E-state index < -0.39 is 0 Å². The Bertz CT molecular complexity index is 869. The molecule has 1 atom stereocenters. The number of fused-ring (bicyclic) bond motifs is 1. The summed E-state index contributed by atoms with van der Waals surface area (Å²) in [6.45, 7) is 6.98. The second kappa shape index (κ2) is 6.03. The third kappa shape index (κ3) is 2.72. The molecule has 4 rings (SSSR count). The Morgan fingerprint density at radius 2 is 2.21 bits per heavy atom. The van der Waals surface area contributed by atoms with Crippen molar-refractivity contribution in [2.24, 2.45) is 0 Å². The molecule has 2 aromatic heterocycles. The van der Waals surface area contributed by atoms with Gasteiger partial charge in [0.15, 0.2) is 0 Å². The van der Waals surface area contributed by atoms with Gasteiger partial charge in [-0.2, -0.15) is 0 Å². The zero-order valence-corrected chi connectivity index (χ0v) is 13.9. The molecule has 0 saturated carbocycles. The summed E-state index contributed by atoms with van der Waals surface area (Å²) in [4.78, 5) is 13.6. The second-order valence-electron chi connectivity index (χ2n) is 6.43. The first-order valence-corrected chi connectivity index (χ1v) is 8.22. The summed E-state index contributed by atoms with van der Waals surface area (Å²) in [7, 11) is 0. The monoisotopic (exact) mass is 328 g/mol. The van der Waals surface area contributed by atoms with Gasteiger partial charge in [-0.05, 0) is 37.6 Å². The van der Waals surface area contributed by atoms with E-state index in [1.165, 1.54) is 6.07 Å². The van der Waals surface area contributed by atoms with Gasteiger partial charge in [-0.15, -0.1) is 0 Å². The van der Waals surface area contributed by atoms with Crippen LogP contribution in [0.4, 0.5) is 4.39 Å². The molecule has 1 unspecified atom stereocenters. The lowest BCUT2D eigenvalue weighted by molar-refractivity contribution is -0.0161. The van der Waals surface area contributed by atoms with E-state index >= 15 is 0 Å². The largest absolute Gasteiger partial charge is 0.378 e. The third-order valence-corrected chi connectivity index (χ3v) is 4.76. The molecule has 0 spiro atoms. The van der Waals surface area contributed by atoms with Crippen molar-refractivity contribution >= 4 is 10.9 Å². The predicted octanol–water partition coefficient (Wildman–Crippen LogP) is 3.22. The summed E-state index contributed by atoms with van der Waals surface area (Å²) in [6, 6.07) is 4.99. The highest BCUT2D eigenvalue weighted by Gasteiger charge is 2.27. The molecular weight excluding hydrogens is 307 g/mol. The Labute approximate surface area is 139 Å². The number of aromatic amines is 2. The Hall–Kier alpha value is -2.18. The van der Waals surface area contributed by atoms with E-state index in [4.69, 9.17) is 4.74 Å². The molecule has 6 heteroatoms. The molecule has 24 heavy (non-hydrogen) atoms. The maximum Gasteiger partial charge on any atom is 0.126 e. The Kier molecular flexibility index (Phi) is 3.86. The van der Waals surface area contributed by atoms with E-state index in [-0.39, 0.29) is 11.9 Å². The zero-order chi connectivity index (χ0) is 16.7. The smallest absolute Gasteiger partial charge is 0.126 e. The standard InChI is InChI=1S/C18H21FN4O/c1-11-8-20-18(21-11)17-10-24-6-5-23(17)9-16-12(2)14-7-13(19)3-4-15(14)22-16/h3-4,7-8,17,22H,5-6,9-10H2,1-2H3,(H,20,21). The lowest BCUT2D eigenvalue weighted by Crippen LogP contribution is -2.39. The summed E-state index contributed by atoms with van der Waals surface area (Å²) in [5.41, 5.74) is 4.24. The minimum Gasteiger partial charge on any atom is -0.378 e. The van der Waals surface area contributed by atoms with Crippen LogP contribution in [0, 0.1) is 19.7 Å². The second-order valence-corrected chi connectivity index (χ2v) is 6.43. The molecule has 0 bridgehead atoms. The van der Waals surface area contributed by atoms with Crippen LogP contribution in [0.15, 0.2) is 24.4 Å². The first-order chi connectivity index (χ1) is 11.6. The van der Waals surface area contributed by atoms with E-state index in [0.29, 0.717) is 13.2 Å². The lowest BCUT2D eigenvalue weighted by atomic mass is 10.1. The van der Waals surface area contributed by atoms with Crippen LogP contribution in [0.3, 0.4) is 0 Å². The summed E-state index contributed by atoms with van der Waals surface area (Å²) in [5, 5.41) is 0.948. The van der Waals surface area contributed by atoms with Crippen LogP contribution in [0.5, 0.6) is 0 Å². The number of morpholine rings is 1. The van der Waals surface area contributed by atoms with E-state index in [1.807, 2.05) is 20.0 Å². The van der Waals surface area contributed by atoms with Gasteiger partial charge in [-0.1, -0.05) is 0 Å². The van der Waals surface area contributed by atoms with Crippen molar-refractivity contribution in [2.75, 3.05) is 19.8 Å². The van der Waals surface area contributed by atoms with Gasteiger partial charge in [-0.3, -0.25) is 4.90 Å². The highest BCUT2D eigenvalue weighted by Crippen LogP contribution is 2.28. The van der Waals surface area contributed by atoms with Crippen LogP contribution in [0.1, 0.15) is 28.8 Å². The molecule has 1 aliphatic rings. The molecule has 1 aliphatic heterocycles. The Morgan fingerprint density at radius 1 is 1.33 bits per heavy atom. The molecule has 1 fully saturated rings. The van der Waals surface area contributed by atoms with Gasteiger partial charge in [0.05, 0.1) is 19.3 Å². The fourth-order valence-electron chi connectivity index (χ4n) is 3.40. The molecule has 2 N–H and O–H groups in total. The van der Waals surface area contributed by atoms with Gasteiger partial charge in [-0.25, -0.2) is 9.37 Å². The molecule has 3 aromatic rings. The fraction of sp³-hybridized carbons (Fsp3) is 0.389. The zero-order valence-electron chi connectivity index (χ0n) is 13.9. The van der Waals surface area contributed by atoms with Gasteiger partial charge >= 0.3 is 0 Å². The van der Waals surface area contributed by atoms with E-state index in [2.05, 4.69) is 19.9 Å². The number of nitrogens with one attached hydrogen (secondary N) is 2. The van der Waals surface area contributed by atoms with Crippen molar-refractivity contribution in [3.63, 3.8) is 0 Å². The molecule has 1 saturated heterocycles.